The molecule has 3 N–H and O–H groups in total. The number of hydrogen-bond acceptors (Lipinski definition) is 3. The summed E-state index contributed by atoms with van der Waals surface area (Å²) in [4.78, 5) is 26.4. The SMILES string of the molecule is O=C(Cc1cnc[nH]1)Nc1cccc(-c2ccc(-c3nc4ccc(C(F)(F)F)cc4[nH]3)cc2)c1. The van der Waals surface area contributed by atoms with Crippen molar-refractivity contribution in [2.24, 2.45) is 0 Å². The van der Waals surface area contributed by atoms with Crippen molar-refractivity contribution in [3.63, 3.8) is 0 Å². The minimum atomic E-state index is -4.41. The lowest BCUT2D eigenvalue weighted by Crippen LogP contribution is -2.14. The molecule has 170 valence electrons. The summed E-state index contributed by atoms with van der Waals surface area (Å²) in [5.74, 6) is 0.330. The van der Waals surface area contributed by atoms with Gasteiger partial charge in [-0.3, -0.25) is 4.79 Å². The van der Waals surface area contributed by atoms with E-state index in [9.17, 15) is 18.0 Å². The predicted octanol–water partition coefficient (Wildman–Crippen LogP) is 5.82. The predicted molar refractivity (Wildman–Crippen MR) is 123 cm³/mol. The van der Waals surface area contributed by atoms with Crippen LogP contribution in [0.25, 0.3) is 33.5 Å². The van der Waals surface area contributed by atoms with E-state index >= 15 is 0 Å². The molecule has 34 heavy (non-hydrogen) atoms. The summed E-state index contributed by atoms with van der Waals surface area (Å²) >= 11 is 0. The fourth-order valence-electron chi connectivity index (χ4n) is 3.68. The quantitative estimate of drug-likeness (QED) is 0.308. The maximum Gasteiger partial charge on any atom is 0.416 e. The third kappa shape index (κ3) is 4.54. The van der Waals surface area contributed by atoms with Crippen molar-refractivity contribution in [2.75, 3.05) is 5.32 Å². The molecular weight excluding hydrogens is 443 g/mol. The molecule has 0 radical (unpaired) electrons. The van der Waals surface area contributed by atoms with Crippen LogP contribution in [0.3, 0.4) is 0 Å². The first-order chi connectivity index (χ1) is 16.3. The van der Waals surface area contributed by atoms with Gasteiger partial charge in [-0.2, -0.15) is 13.2 Å². The van der Waals surface area contributed by atoms with Gasteiger partial charge in [-0.15, -0.1) is 0 Å². The summed E-state index contributed by atoms with van der Waals surface area (Å²) in [5.41, 5.74) is 4.04. The molecule has 0 saturated carbocycles. The van der Waals surface area contributed by atoms with E-state index < -0.39 is 11.7 Å². The molecule has 0 atom stereocenters. The smallest absolute Gasteiger partial charge is 0.348 e. The van der Waals surface area contributed by atoms with E-state index in [2.05, 4.69) is 25.3 Å². The molecule has 2 aromatic heterocycles. The number of fused-ring (bicyclic) bond motifs is 1. The average Bonchev–Trinajstić information content (AvgIpc) is 3.48. The molecule has 0 saturated heterocycles. The molecule has 3 aromatic carbocycles. The number of carbonyl (C=O) groups is 1. The first-order valence-corrected chi connectivity index (χ1v) is 10.4. The lowest BCUT2D eigenvalue weighted by atomic mass is 10.0. The summed E-state index contributed by atoms with van der Waals surface area (Å²) in [7, 11) is 0. The number of imidazole rings is 2. The Balaban J connectivity index is 1.34. The summed E-state index contributed by atoms with van der Waals surface area (Å²) in [6.45, 7) is 0. The van der Waals surface area contributed by atoms with Crippen LogP contribution in [0.5, 0.6) is 0 Å². The Kier molecular flexibility index (Phi) is 5.37. The van der Waals surface area contributed by atoms with Crippen LogP contribution < -0.4 is 5.32 Å². The highest BCUT2D eigenvalue weighted by Gasteiger charge is 2.30. The normalized spacial score (nSPS) is 11.6. The molecule has 0 bridgehead atoms. The topological polar surface area (TPSA) is 86.5 Å². The van der Waals surface area contributed by atoms with Gasteiger partial charge in [0.2, 0.25) is 5.91 Å². The number of anilines is 1. The highest BCUT2D eigenvalue weighted by molar-refractivity contribution is 5.92. The van der Waals surface area contributed by atoms with Crippen molar-refractivity contribution in [3.05, 3.63) is 90.5 Å². The molecule has 0 unspecified atom stereocenters. The fraction of sp³-hybridized carbons (Fsp3) is 0.0800. The molecule has 2 heterocycles. The summed E-state index contributed by atoms with van der Waals surface area (Å²) < 4.78 is 38.9. The monoisotopic (exact) mass is 461 g/mol. The highest BCUT2D eigenvalue weighted by atomic mass is 19.4. The number of nitrogens with zero attached hydrogens (tertiary/aromatic N) is 2. The molecule has 0 spiro atoms. The zero-order valence-electron chi connectivity index (χ0n) is 17.6. The van der Waals surface area contributed by atoms with Crippen molar-refractivity contribution in [2.45, 2.75) is 12.6 Å². The van der Waals surface area contributed by atoms with Crippen LogP contribution in [-0.2, 0) is 17.4 Å². The van der Waals surface area contributed by atoms with E-state index in [1.54, 1.807) is 6.20 Å². The number of amides is 1. The minimum Gasteiger partial charge on any atom is -0.348 e. The van der Waals surface area contributed by atoms with Gasteiger partial charge >= 0.3 is 6.18 Å². The Morgan fingerprint density at radius 1 is 0.941 bits per heavy atom. The Bertz CT molecular complexity index is 1450. The number of rotatable bonds is 5. The van der Waals surface area contributed by atoms with Gasteiger partial charge in [-0.05, 0) is 41.5 Å². The third-order valence-corrected chi connectivity index (χ3v) is 5.35. The second-order valence-electron chi connectivity index (χ2n) is 7.78. The van der Waals surface area contributed by atoms with Gasteiger partial charge in [0.15, 0.2) is 0 Å². The van der Waals surface area contributed by atoms with Gasteiger partial charge in [-0.1, -0.05) is 36.4 Å². The van der Waals surface area contributed by atoms with Gasteiger partial charge in [0.05, 0.1) is 29.3 Å². The van der Waals surface area contributed by atoms with Gasteiger partial charge < -0.3 is 15.3 Å². The standard InChI is InChI=1S/C25H18F3N5O/c26-25(27,28)18-8-9-21-22(11-18)33-24(32-21)16-6-4-15(5-7-16)17-2-1-3-19(10-17)31-23(34)12-20-13-29-14-30-20/h1-11,13-14H,12H2,(H,29,30)(H,31,34)(H,32,33). The van der Waals surface area contributed by atoms with E-state index in [0.717, 1.165) is 34.5 Å². The first kappa shape index (κ1) is 21.4. The van der Waals surface area contributed by atoms with Crippen LogP contribution in [0.15, 0.2) is 79.3 Å². The number of H-pyrrole nitrogens is 2. The van der Waals surface area contributed by atoms with Crippen molar-refractivity contribution >= 4 is 22.6 Å². The molecule has 0 aliphatic heterocycles. The summed E-state index contributed by atoms with van der Waals surface area (Å²) in [6, 6.07) is 18.4. The lowest BCUT2D eigenvalue weighted by molar-refractivity contribution is -0.137. The maximum absolute atomic E-state index is 13.0. The number of hydrogen-bond donors (Lipinski definition) is 3. The molecule has 9 heteroatoms. The van der Waals surface area contributed by atoms with E-state index in [-0.39, 0.29) is 12.3 Å². The maximum atomic E-state index is 13.0. The first-order valence-electron chi connectivity index (χ1n) is 10.4. The third-order valence-electron chi connectivity index (χ3n) is 5.35. The molecule has 1 amide bonds. The van der Waals surface area contributed by atoms with Crippen LogP contribution >= 0.6 is 0 Å². The molecule has 5 aromatic rings. The van der Waals surface area contributed by atoms with Crippen LogP contribution in [-0.4, -0.2) is 25.8 Å². The Morgan fingerprint density at radius 3 is 2.47 bits per heavy atom. The Morgan fingerprint density at radius 2 is 1.74 bits per heavy atom. The molecule has 6 nitrogen and oxygen atoms in total. The van der Waals surface area contributed by atoms with Gasteiger partial charge in [0.25, 0.3) is 0 Å². The van der Waals surface area contributed by atoms with Gasteiger partial charge in [0, 0.05) is 23.1 Å². The van der Waals surface area contributed by atoms with E-state index in [1.165, 1.54) is 12.4 Å². The van der Waals surface area contributed by atoms with Crippen molar-refractivity contribution < 1.29 is 18.0 Å². The van der Waals surface area contributed by atoms with E-state index in [1.807, 2.05) is 48.5 Å². The second kappa shape index (κ2) is 8.51. The van der Waals surface area contributed by atoms with E-state index in [0.29, 0.717) is 22.5 Å². The summed E-state index contributed by atoms with van der Waals surface area (Å²) in [5, 5.41) is 2.88. The molecule has 0 aliphatic rings. The average molecular weight is 461 g/mol. The van der Waals surface area contributed by atoms with Crippen LogP contribution in [0.4, 0.5) is 18.9 Å². The number of carbonyl (C=O) groups excluding carboxylic acids is 1. The lowest BCUT2D eigenvalue weighted by Gasteiger charge is -2.08. The van der Waals surface area contributed by atoms with Crippen LogP contribution in [0.1, 0.15) is 11.3 Å². The number of alkyl halides is 3. The van der Waals surface area contributed by atoms with Crippen LogP contribution in [0.2, 0.25) is 0 Å². The van der Waals surface area contributed by atoms with Crippen molar-refractivity contribution in [1.29, 1.82) is 0 Å². The van der Waals surface area contributed by atoms with Crippen LogP contribution in [0, 0.1) is 0 Å². The van der Waals surface area contributed by atoms with Crippen molar-refractivity contribution in [3.8, 4) is 22.5 Å². The molecule has 0 aliphatic carbocycles. The number of benzene rings is 3. The number of halogens is 3. The second-order valence-corrected chi connectivity index (χ2v) is 7.78. The minimum absolute atomic E-state index is 0.157. The largest absolute Gasteiger partial charge is 0.416 e. The Labute approximate surface area is 191 Å². The zero-order valence-corrected chi connectivity index (χ0v) is 17.6. The molecular formula is C25H18F3N5O. The Hall–Kier alpha value is -4.40. The van der Waals surface area contributed by atoms with Crippen molar-refractivity contribution in [1.82, 2.24) is 19.9 Å². The fourth-order valence-corrected chi connectivity index (χ4v) is 3.68. The summed E-state index contributed by atoms with van der Waals surface area (Å²) in [6.07, 6.45) is -1.08. The molecule has 0 fully saturated rings. The number of aromatic amines is 2. The van der Waals surface area contributed by atoms with Gasteiger partial charge in [0.1, 0.15) is 5.82 Å². The number of nitrogens with one attached hydrogen (secondary N) is 3. The van der Waals surface area contributed by atoms with Gasteiger partial charge in [-0.25, -0.2) is 9.97 Å². The number of aromatic nitrogens is 4. The van der Waals surface area contributed by atoms with E-state index in [4.69, 9.17) is 0 Å². The molecule has 5 rings (SSSR count). The highest BCUT2D eigenvalue weighted by Crippen LogP contribution is 2.32. The zero-order chi connectivity index (χ0) is 23.7.